The highest BCUT2D eigenvalue weighted by Gasteiger charge is 2.22. The Labute approximate surface area is 191 Å². The molecule has 0 saturated heterocycles. The Morgan fingerprint density at radius 3 is 2.62 bits per heavy atom. The molecule has 0 aliphatic heterocycles. The summed E-state index contributed by atoms with van der Waals surface area (Å²) < 4.78 is 2.49. The predicted molar refractivity (Wildman–Crippen MR) is 123 cm³/mol. The zero-order valence-electron chi connectivity index (χ0n) is 16.6. The molecule has 0 unspecified atom stereocenters. The van der Waals surface area contributed by atoms with Crippen molar-refractivity contribution < 1.29 is 0 Å². The molecular formula is C23H15BrN8. The monoisotopic (exact) mass is 482 g/mol. The van der Waals surface area contributed by atoms with Gasteiger partial charge in [0.05, 0.1) is 28.6 Å². The molecule has 154 valence electrons. The van der Waals surface area contributed by atoms with E-state index < -0.39 is 0 Å². The lowest BCUT2D eigenvalue weighted by molar-refractivity contribution is 0.890. The Balaban J connectivity index is 1.78. The van der Waals surface area contributed by atoms with Gasteiger partial charge in [-0.05, 0) is 23.8 Å². The maximum absolute atomic E-state index is 9.65. The number of fused-ring (bicyclic) bond motifs is 1. The Bertz CT molecular complexity index is 1490. The minimum atomic E-state index is 0.173. The van der Waals surface area contributed by atoms with Gasteiger partial charge in [0.25, 0.3) is 0 Å². The first kappa shape index (κ1) is 19.8. The molecule has 0 bridgehead atoms. The molecule has 5 rings (SSSR count). The number of halogens is 1. The minimum absolute atomic E-state index is 0.173. The van der Waals surface area contributed by atoms with Gasteiger partial charge in [0.2, 0.25) is 5.95 Å². The average molecular weight is 483 g/mol. The molecule has 5 aromatic rings. The molecule has 0 atom stereocenters. The van der Waals surface area contributed by atoms with Crippen molar-refractivity contribution in [1.82, 2.24) is 29.5 Å². The first-order valence-corrected chi connectivity index (χ1v) is 10.5. The maximum Gasteiger partial charge on any atom is 0.223 e. The van der Waals surface area contributed by atoms with Gasteiger partial charge in [0.15, 0.2) is 11.5 Å². The number of rotatable bonds is 4. The summed E-state index contributed by atoms with van der Waals surface area (Å²) in [4.78, 5) is 17.8. The number of hydrogen-bond acceptors (Lipinski definition) is 7. The molecule has 0 radical (unpaired) electrons. The van der Waals surface area contributed by atoms with E-state index in [9.17, 15) is 5.26 Å². The van der Waals surface area contributed by atoms with Crippen LogP contribution < -0.4 is 5.73 Å². The summed E-state index contributed by atoms with van der Waals surface area (Å²) >= 11 is 3.57. The van der Waals surface area contributed by atoms with Crippen LogP contribution in [0.3, 0.4) is 0 Å². The second kappa shape index (κ2) is 8.17. The van der Waals surface area contributed by atoms with Crippen LogP contribution in [-0.2, 0) is 6.42 Å². The molecule has 32 heavy (non-hydrogen) atoms. The van der Waals surface area contributed by atoms with Crippen molar-refractivity contribution in [3.63, 3.8) is 0 Å². The zero-order valence-corrected chi connectivity index (χ0v) is 18.2. The summed E-state index contributed by atoms with van der Waals surface area (Å²) in [7, 11) is 0. The predicted octanol–water partition coefficient (Wildman–Crippen LogP) is 4.06. The fourth-order valence-electron chi connectivity index (χ4n) is 3.54. The third-order valence-electron chi connectivity index (χ3n) is 5.00. The Hall–Kier alpha value is -4.16. The van der Waals surface area contributed by atoms with Gasteiger partial charge >= 0.3 is 0 Å². The topological polar surface area (TPSA) is 119 Å². The third kappa shape index (κ3) is 3.46. The fraction of sp³-hybridized carbons (Fsp3) is 0.0435. The Kier molecular flexibility index (Phi) is 5.05. The first-order chi connectivity index (χ1) is 15.7. The van der Waals surface area contributed by atoms with Crippen molar-refractivity contribution in [1.29, 1.82) is 5.26 Å². The summed E-state index contributed by atoms with van der Waals surface area (Å²) in [5.74, 6) is 0.762. The highest BCUT2D eigenvalue weighted by Crippen LogP contribution is 2.35. The molecule has 9 heteroatoms. The number of nitriles is 1. The highest BCUT2D eigenvalue weighted by atomic mass is 79.9. The second-order valence-corrected chi connectivity index (χ2v) is 7.83. The molecule has 2 N–H and O–H groups in total. The quantitative estimate of drug-likeness (QED) is 0.410. The van der Waals surface area contributed by atoms with E-state index in [-0.39, 0.29) is 5.95 Å². The lowest BCUT2D eigenvalue weighted by Gasteiger charge is -2.12. The molecule has 0 aliphatic carbocycles. The van der Waals surface area contributed by atoms with Gasteiger partial charge < -0.3 is 5.73 Å². The summed E-state index contributed by atoms with van der Waals surface area (Å²) in [5, 5.41) is 14.2. The zero-order chi connectivity index (χ0) is 22.1. The molecule has 8 nitrogen and oxygen atoms in total. The van der Waals surface area contributed by atoms with E-state index in [0.29, 0.717) is 46.0 Å². The first-order valence-electron chi connectivity index (χ1n) is 9.70. The lowest BCUT2D eigenvalue weighted by atomic mass is 9.99. The Morgan fingerprint density at radius 1 is 1.03 bits per heavy atom. The van der Waals surface area contributed by atoms with Crippen LogP contribution in [0.15, 0.2) is 71.6 Å². The van der Waals surface area contributed by atoms with Gasteiger partial charge in [-0.2, -0.15) is 9.78 Å². The summed E-state index contributed by atoms with van der Waals surface area (Å²) in [5.41, 5.74) is 10.7. The highest BCUT2D eigenvalue weighted by molar-refractivity contribution is 9.10. The van der Waals surface area contributed by atoms with Gasteiger partial charge in [-0.3, -0.25) is 0 Å². The summed E-state index contributed by atoms with van der Waals surface area (Å²) in [6, 6.07) is 19.1. The van der Waals surface area contributed by atoms with Gasteiger partial charge in [0.1, 0.15) is 6.33 Å². The second-order valence-electron chi connectivity index (χ2n) is 6.98. The van der Waals surface area contributed by atoms with E-state index in [1.165, 1.54) is 10.8 Å². The van der Waals surface area contributed by atoms with Crippen molar-refractivity contribution >= 4 is 27.5 Å². The van der Waals surface area contributed by atoms with Crippen molar-refractivity contribution in [2.24, 2.45) is 0 Å². The number of benzene rings is 2. The maximum atomic E-state index is 9.65. The Morgan fingerprint density at radius 2 is 1.84 bits per heavy atom. The van der Waals surface area contributed by atoms with Gasteiger partial charge in [-0.1, -0.05) is 52.3 Å². The van der Waals surface area contributed by atoms with Crippen molar-refractivity contribution in [3.05, 3.63) is 88.5 Å². The standard InChI is InChI=1S/C23H15BrN8/c24-17-8-4-2-5-14(17)11-19-29-22-20(18-9-10-27-13-28-18)21(30-23(26)32(22)31-19)16-7-3-1-6-15(16)12-25/h1-10,13H,11H2,(H2,26,30). The molecule has 0 aliphatic rings. The molecular weight excluding hydrogens is 468 g/mol. The van der Waals surface area contributed by atoms with E-state index in [2.05, 4.69) is 42.0 Å². The number of nitrogens with two attached hydrogens (primary N) is 1. The molecule has 0 saturated carbocycles. The molecule has 3 aromatic heterocycles. The normalized spacial score (nSPS) is 10.9. The van der Waals surface area contributed by atoms with E-state index in [1.54, 1.807) is 24.4 Å². The van der Waals surface area contributed by atoms with Crippen LogP contribution in [-0.4, -0.2) is 29.5 Å². The third-order valence-corrected chi connectivity index (χ3v) is 5.78. The van der Waals surface area contributed by atoms with Crippen molar-refractivity contribution in [2.75, 3.05) is 5.73 Å². The van der Waals surface area contributed by atoms with Crippen LogP contribution in [0.25, 0.3) is 28.2 Å². The number of anilines is 1. The SMILES string of the molecule is N#Cc1ccccc1-c1nc(N)n2nc(Cc3ccccc3Br)nc2c1-c1ccncn1. The van der Waals surface area contributed by atoms with Crippen LogP contribution in [0.4, 0.5) is 5.95 Å². The van der Waals surface area contributed by atoms with Gasteiger partial charge in [-0.15, -0.1) is 5.10 Å². The van der Waals surface area contributed by atoms with Crippen molar-refractivity contribution in [2.45, 2.75) is 6.42 Å². The summed E-state index contributed by atoms with van der Waals surface area (Å²) in [6.45, 7) is 0. The minimum Gasteiger partial charge on any atom is -0.368 e. The summed E-state index contributed by atoms with van der Waals surface area (Å²) in [6.07, 6.45) is 3.62. The van der Waals surface area contributed by atoms with E-state index >= 15 is 0 Å². The van der Waals surface area contributed by atoms with Crippen LogP contribution in [0.2, 0.25) is 0 Å². The van der Waals surface area contributed by atoms with Crippen molar-refractivity contribution in [3.8, 4) is 28.6 Å². The van der Waals surface area contributed by atoms with Gasteiger partial charge in [-0.25, -0.2) is 19.9 Å². The van der Waals surface area contributed by atoms with Gasteiger partial charge in [0, 0.05) is 22.7 Å². The molecule has 0 fully saturated rings. The fourth-order valence-corrected chi connectivity index (χ4v) is 3.97. The van der Waals surface area contributed by atoms with E-state index in [4.69, 9.17) is 10.7 Å². The molecule has 2 aromatic carbocycles. The van der Waals surface area contributed by atoms with E-state index in [1.807, 2.05) is 36.4 Å². The average Bonchev–Trinajstić information content (AvgIpc) is 3.25. The van der Waals surface area contributed by atoms with Crippen LogP contribution in [0.5, 0.6) is 0 Å². The number of nitrogens with zero attached hydrogens (tertiary/aromatic N) is 7. The largest absolute Gasteiger partial charge is 0.368 e. The molecule has 0 amide bonds. The van der Waals surface area contributed by atoms with Crippen LogP contribution in [0, 0.1) is 11.3 Å². The molecule has 0 spiro atoms. The smallest absolute Gasteiger partial charge is 0.223 e. The number of nitrogen functional groups attached to an aromatic ring is 1. The van der Waals surface area contributed by atoms with Crippen LogP contribution in [0.1, 0.15) is 17.0 Å². The number of hydrogen-bond donors (Lipinski definition) is 1. The van der Waals surface area contributed by atoms with Crippen LogP contribution >= 0.6 is 15.9 Å². The van der Waals surface area contributed by atoms with E-state index in [0.717, 1.165) is 10.0 Å². The molecule has 3 heterocycles. The lowest BCUT2D eigenvalue weighted by Crippen LogP contribution is -2.07. The number of aromatic nitrogens is 6.